The molecule has 5 heteroatoms. The summed E-state index contributed by atoms with van der Waals surface area (Å²) in [6, 6.07) is 3.04. The van der Waals surface area contributed by atoms with Gasteiger partial charge < -0.3 is 10.0 Å². The first-order chi connectivity index (χ1) is 17.3. The van der Waals surface area contributed by atoms with Gasteiger partial charge in [0, 0.05) is 36.7 Å². The number of benzene rings is 1. The second kappa shape index (κ2) is 9.78. The predicted octanol–water partition coefficient (Wildman–Crippen LogP) is 6.46. The summed E-state index contributed by atoms with van der Waals surface area (Å²) < 4.78 is 31.5. The fraction of sp³-hybridized carbons (Fsp3) is 0.581. The van der Waals surface area contributed by atoms with Crippen LogP contribution in [0.5, 0.6) is 0 Å². The highest BCUT2D eigenvalue weighted by molar-refractivity contribution is 5.93. The molecule has 3 nitrogen and oxygen atoms in total. The van der Waals surface area contributed by atoms with Crippen molar-refractivity contribution < 1.29 is 18.7 Å². The van der Waals surface area contributed by atoms with E-state index >= 15 is 8.78 Å². The third-order valence-electron chi connectivity index (χ3n) is 9.56. The molecule has 0 aromatic heterocycles. The third kappa shape index (κ3) is 4.12. The summed E-state index contributed by atoms with van der Waals surface area (Å²) >= 11 is 0. The Labute approximate surface area is 213 Å². The number of nitrogens with zero attached hydrogens (tertiary/aromatic N) is 1. The average Bonchev–Trinajstić information content (AvgIpc) is 3.47. The van der Waals surface area contributed by atoms with Crippen LogP contribution in [-0.2, 0) is 4.79 Å². The molecule has 1 N–H and O–H groups in total. The van der Waals surface area contributed by atoms with Crippen molar-refractivity contribution in [1.82, 2.24) is 0 Å². The molecule has 0 spiro atoms. The van der Waals surface area contributed by atoms with Gasteiger partial charge in [-0.1, -0.05) is 12.5 Å². The molecule has 0 radical (unpaired) electrons. The summed E-state index contributed by atoms with van der Waals surface area (Å²) in [6.07, 6.45) is 13.2. The lowest BCUT2D eigenvalue weighted by molar-refractivity contribution is -0.114. The van der Waals surface area contributed by atoms with Crippen LogP contribution in [0.1, 0.15) is 83.1 Å². The number of aliphatic hydroxyl groups excluding tert-OH is 1. The molecule has 5 unspecified atom stereocenters. The molecule has 2 saturated carbocycles. The minimum Gasteiger partial charge on any atom is -0.393 e. The van der Waals surface area contributed by atoms with Crippen LogP contribution in [0.25, 0.3) is 0 Å². The molecule has 0 amide bonds. The van der Waals surface area contributed by atoms with E-state index in [1.807, 2.05) is 0 Å². The van der Waals surface area contributed by atoms with Crippen LogP contribution in [-0.4, -0.2) is 30.1 Å². The first-order valence-corrected chi connectivity index (χ1v) is 13.5. The van der Waals surface area contributed by atoms with Crippen molar-refractivity contribution in [3.05, 3.63) is 52.1 Å². The van der Waals surface area contributed by atoms with Crippen molar-refractivity contribution in [2.24, 2.45) is 17.3 Å². The average molecular weight is 494 g/mol. The summed E-state index contributed by atoms with van der Waals surface area (Å²) in [5.41, 5.74) is 3.90. The molecule has 5 atom stereocenters. The zero-order valence-electron chi connectivity index (χ0n) is 21.5. The number of carbonyl (C=O) groups is 1. The lowest BCUT2D eigenvalue weighted by Gasteiger charge is -2.52. The number of carbonyl (C=O) groups excluding carboxylic acids is 1. The van der Waals surface area contributed by atoms with Gasteiger partial charge in [0.15, 0.2) is 5.78 Å². The Morgan fingerprint density at radius 2 is 1.75 bits per heavy atom. The molecule has 1 saturated heterocycles. The maximum Gasteiger partial charge on any atom is 0.156 e. The van der Waals surface area contributed by atoms with Crippen LogP contribution in [0.15, 0.2) is 34.9 Å². The quantitative estimate of drug-likeness (QED) is 0.481. The molecule has 6 rings (SSSR count). The van der Waals surface area contributed by atoms with Gasteiger partial charge in [0.1, 0.15) is 11.6 Å². The Hall–Kier alpha value is -2.45. The molecular formula is C31H37F2NO2. The van der Waals surface area contributed by atoms with Crippen molar-refractivity contribution in [3.8, 4) is 12.3 Å². The summed E-state index contributed by atoms with van der Waals surface area (Å²) in [4.78, 5) is 14.2. The van der Waals surface area contributed by atoms with E-state index in [4.69, 9.17) is 0 Å². The van der Waals surface area contributed by atoms with Gasteiger partial charge in [0.2, 0.25) is 0 Å². The summed E-state index contributed by atoms with van der Waals surface area (Å²) in [6.45, 7) is 5.47. The Balaban J connectivity index is 0.000000848. The highest BCUT2D eigenvalue weighted by atomic mass is 19.1. The van der Waals surface area contributed by atoms with Gasteiger partial charge in [-0.2, -0.15) is 0 Å². The van der Waals surface area contributed by atoms with Crippen molar-refractivity contribution in [2.75, 3.05) is 18.0 Å². The molecule has 5 aliphatic rings. The highest BCUT2D eigenvalue weighted by Crippen LogP contribution is 2.64. The van der Waals surface area contributed by atoms with E-state index in [2.05, 4.69) is 24.2 Å². The van der Waals surface area contributed by atoms with Gasteiger partial charge in [0.25, 0.3) is 0 Å². The van der Waals surface area contributed by atoms with Gasteiger partial charge in [-0.05, 0) is 105 Å². The fourth-order valence-electron chi connectivity index (χ4n) is 7.95. The monoisotopic (exact) mass is 493 g/mol. The molecular weight excluding hydrogens is 456 g/mol. The van der Waals surface area contributed by atoms with Gasteiger partial charge in [-0.25, -0.2) is 8.78 Å². The fourth-order valence-corrected chi connectivity index (χ4v) is 7.95. The molecule has 192 valence electrons. The largest absolute Gasteiger partial charge is 0.393 e. The van der Waals surface area contributed by atoms with Crippen LogP contribution in [0.3, 0.4) is 0 Å². The summed E-state index contributed by atoms with van der Waals surface area (Å²) in [5, 5.41) is 11.0. The molecule has 1 aromatic rings. The number of aliphatic hydroxyl groups is 1. The Morgan fingerprint density at radius 1 is 1.08 bits per heavy atom. The maximum atomic E-state index is 15.7. The van der Waals surface area contributed by atoms with E-state index in [-0.39, 0.29) is 28.6 Å². The second-order valence-electron chi connectivity index (χ2n) is 11.5. The summed E-state index contributed by atoms with van der Waals surface area (Å²) in [7, 11) is 0. The lowest BCUT2D eigenvalue weighted by Crippen LogP contribution is -2.45. The van der Waals surface area contributed by atoms with Crippen LogP contribution >= 0.6 is 0 Å². The molecule has 0 bridgehead atoms. The zero-order valence-corrected chi connectivity index (χ0v) is 21.5. The van der Waals surface area contributed by atoms with Crippen LogP contribution < -0.4 is 4.90 Å². The van der Waals surface area contributed by atoms with Gasteiger partial charge in [-0.15, -0.1) is 12.3 Å². The van der Waals surface area contributed by atoms with Crippen LogP contribution in [0.2, 0.25) is 0 Å². The Kier molecular flexibility index (Phi) is 6.85. The van der Waals surface area contributed by atoms with Crippen molar-refractivity contribution >= 4 is 11.5 Å². The zero-order chi connectivity index (χ0) is 25.6. The Morgan fingerprint density at radius 3 is 2.42 bits per heavy atom. The summed E-state index contributed by atoms with van der Waals surface area (Å²) in [5.74, 6) is 1.65. The normalized spacial score (nSPS) is 33.2. The standard InChI is InChI=1S/C28H33F2NO2.C3H4/c1-28-15-21(27-23(29)13-17(14-24(27)30)31-10-2-3-11-31)26-19-7-5-18(32)12-16(19)4-6-20(26)22(28)8-9-25(28)33;1-3-2/h12-14,20-22,25,33H,2-11,15H2,1H3;1H,2H3. The number of fused-ring (bicyclic) bond motifs is 4. The Bertz CT molecular complexity index is 1130. The van der Waals surface area contributed by atoms with E-state index in [0.717, 1.165) is 57.2 Å². The lowest BCUT2D eigenvalue weighted by atomic mass is 9.53. The van der Waals surface area contributed by atoms with E-state index in [9.17, 15) is 9.90 Å². The number of hydrogen-bond acceptors (Lipinski definition) is 3. The SMILES string of the molecule is C#CC.CC12CC(c3c(F)cc(N4CCCC4)cc3F)C3=C4CCC(=O)C=C4CCC3C1CCC2O. The highest BCUT2D eigenvalue weighted by Gasteiger charge is 2.57. The van der Waals surface area contributed by atoms with Gasteiger partial charge >= 0.3 is 0 Å². The van der Waals surface area contributed by atoms with Gasteiger partial charge in [0.05, 0.1) is 6.10 Å². The number of anilines is 1. The molecule has 1 aromatic carbocycles. The minimum atomic E-state index is -0.466. The number of rotatable bonds is 2. The predicted molar refractivity (Wildman–Crippen MR) is 139 cm³/mol. The maximum absolute atomic E-state index is 15.7. The van der Waals surface area contributed by atoms with Crippen molar-refractivity contribution in [1.29, 1.82) is 0 Å². The molecule has 3 fully saturated rings. The first kappa shape index (κ1) is 25.2. The molecule has 1 aliphatic heterocycles. The number of terminal acetylenes is 1. The molecule has 1 heterocycles. The van der Waals surface area contributed by atoms with Crippen molar-refractivity contribution in [3.63, 3.8) is 0 Å². The smallest absolute Gasteiger partial charge is 0.156 e. The first-order valence-electron chi connectivity index (χ1n) is 13.5. The molecule has 4 aliphatic carbocycles. The van der Waals surface area contributed by atoms with Crippen LogP contribution in [0.4, 0.5) is 14.5 Å². The van der Waals surface area contributed by atoms with E-state index in [0.29, 0.717) is 30.9 Å². The van der Waals surface area contributed by atoms with E-state index < -0.39 is 17.7 Å². The van der Waals surface area contributed by atoms with Crippen molar-refractivity contribution in [2.45, 2.75) is 83.7 Å². The number of hydrogen-bond donors (Lipinski definition) is 1. The van der Waals surface area contributed by atoms with E-state index in [1.54, 1.807) is 13.0 Å². The van der Waals surface area contributed by atoms with E-state index in [1.165, 1.54) is 23.3 Å². The molecule has 36 heavy (non-hydrogen) atoms. The number of halogens is 2. The second-order valence-corrected chi connectivity index (χ2v) is 11.5. The van der Waals surface area contributed by atoms with Crippen LogP contribution in [0, 0.1) is 41.2 Å². The minimum absolute atomic E-state index is 0.161. The number of allylic oxidation sites excluding steroid dienone is 4. The number of ketones is 1. The topological polar surface area (TPSA) is 40.5 Å². The van der Waals surface area contributed by atoms with Gasteiger partial charge in [-0.3, -0.25) is 4.79 Å². The third-order valence-corrected chi connectivity index (χ3v) is 9.56.